The molecular formula is C18H21NO. The van der Waals surface area contributed by atoms with Crippen molar-refractivity contribution in [1.29, 1.82) is 0 Å². The number of amides is 1. The van der Waals surface area contributed by atoms with Crippen molar-refractivity contribution in [3.8, 4) is 0 Å². The minimum absolute atomic E-state index is 0.0323. The van der Waals surface area contributed by atoms with Crippen molar-refractivity contribution < 1.29 is 4.79 Å². The molecule has 0 aliphatic carbocycles. The van der Waals surface area contributed by atoms with E-state index in [1.807, 2.05) is 50.2 Å². The Kier molecular flexibility index (Phi) is 4.94. The van der Waals surface area contributed by atoms with Crippen molar-refractivity contribution in [2.45, 2.75) is 26.3 Å². The molecule has 1 amide bonds. The first-order chi connectivity index (χ1) is 9.72. The van der Waals surface area contributed by atoms with E-state index in [0.29, 0.717) is 0 Å². The maximum Gasteiger partial charge on any atom is 0.223 e. The fourth-order valence-electron chi connectivity index (χ4n) is 2.12. The smallest absolute Gasteiger partial charge is 0.223 e. The second-order valence-corrected chi connectivity index (χ2v) is 5.07. The molecule has 20 heavy (non-hydrogen) atoms. The standard InChI is InChI=1S/C18H21NO/c1-3-14(2)18(20)19-17(15-10-6-4-7-11-15)16-12-8-5-9-13-16/h4-14,17H,3H2,1-2H3,(H,19,20). The first kappa shape index (κ1) is 14.3. The number of hydrogen-bond donors (Lipinski definition) is 1. The lowest BCUT2D eigenvalue weighted by Crippen LogP contribution is -2.33. The van der Waals surface area contributed by atoms with E-state index in [0.717, 1.165) is 17.5 Å². The van der Waals surface area contributed by atoms with E-state index < -0.39 is 0 Å². The lowest BCUT2D eigenvalue weighted by molar-refractivity contribution is -0.125. The summed E-state index contributed by atoms with van der Waals surface area (Å²) in [4.78, 5) is 12.2. The second-order valence-electron chi connectivity index (χ2n) is 5.07. The quantitative estimate of drug-likeness (QED) is 0.873. The summed E-state index contributed by atoms with van der Waals surface area (Å²) in [5.74, 6) is 0.134. The summed E-state index contributed by atoms with van der Waals surface area (Å²) in [7, 11) is 0. The molecule has 2 heteroatoms. The van der Waals surface area contributed by atoms with Crippen LogP contribution >= 0.6 is 0 Å². The van der Waals surface area contributed by atoms with Crippen LogP contribution in [0.5, 0.6) is 0 Å². The predicted molar refractivity (Wildman–Crippen MR) is 82.3 cm³/mol. The first-order valence-electron chi connectivity index (χ1n) is 7.12. The third-order valence-electron chi connectivity index (χ3n) is 3.61. The van der Waals surface area contributed by atoms with Crippen LogP contribution in [0.3, 0.4) is 0 Å². The maximum atomic E-state index is 12.2. The Bertz CT molecular complexity index is 496. The van der Waals surface area contributed by atoms with Crippen LogP contribution in [0.1, 0.15) is 37.4 Å². The fraction of sp³-hybridized carbons (Fsp3) is 0.278. The van der Waals surface area contributed by atoms with Gasteiger partial charge in [0.1, 0.15) is 0 Å². The zero-order valence-corrected chi connectivity index (χ0v) is 12.0. The minimum atomic E-state index is -0.0844. The summed E-state index contributed by atoms with van der Waals surface area (Å²) in [5, 5.41) is 3.16. The lowest BCUT2D eigenvalue weighted by atomic mass is 9.97. The second kappa shape index (κ2) is 6.90. The van der Waals surface area contributed by atoms with E-state index in [4.69, 9.17) is 0 Å². The van der Waals surface area contributed by atoms with Gasteiger partial charge in [0.2, 0.25) is 5.91 Å². The highest BCUT2D eigenvalue weighted by Crippen LogP contribution is 2.22. The van der Waals surface area contributed by atoms with Crippen molar-refractivity contribution in [2.75, 3.05) is 0 Å². The molecule has 0 heterocycles. The molecule has 0 radical (unpaired) electrons. The van der Waals surface area contributed by atoms with Crippen LogP contribution < -0.4 is 5.32 Å². The number of carbonyl (C=O) groups is 1. The first-order valence-corrected chi connectivity index (χ1v) is 7.12. The summed E-state index contributed by atoms with van der Waals surface area (Å²) < 4.78 is 0. The van der Waals surface area contributed by atoms with Gasteiger partial charge in [-0.25, -0.2) is 0 Å². The molecule has 1 unspecified atom stereocenters. The van der Waals surface area contributed by atoms with Crippen LogP contribution in [0.15, 0.2) is 60.7 Å². The van der Waals surface area contributed by atoms with Gasteiger partial charge in [0.05, 0.1) is 6.04 Å². The van der Waals surface area contributed by atoms with Gasteiger partial charge >= 0.3 is 0 Å². The van der Waals surface area contributed by atoms with E-state index in [1.165, 1.54) is 0 Å². The molecule has 0 fully saturated rings. The van der Waals surface area contributed by atoms with Crippen molar-refractivity contribution in [1.82, 2.24) is 5.32 Å². The highest BCUT2D eigenvalue weighted by Gasteiger charge is 2.19. The van der Waals surface area contributed by atoms with Gasteiger partial charge in [0.25, 0.3) is 0 Å². The molecule has 1 N–H and O–H groups in total. The average Bonchev–Trinajstić information content (AvgIpc) is 2.53. The van der Waals surface area contributed by atoms with Gasteiger partial charge in [-0.3, -0.25) is 4.79 Å². The molecule has 0 bridgehead atoms. The van der Waals surface area contributed by atoms with Gasteiger partial charge in [0, 0.05) is 5.92 Å². The van der Waals surface area contributed by atoms with E-state index in [1.54, 1.807) is 0 Å². The highest BCUT2D eigenvalue weighted by atomic mass is 16.1. The molecule has 0 aliphatic rings. The third kappa shape index (κ3) is 3.47. The molecule has 1 atom stereocenters. The van der Waals surface area contributed by atoms with Crippen LogP contribution in [0.2, 0.25) is 0 Å². The predicted octanol–water partition coefficient (Wildman–Crippen LogP) is 3.94. The Morgan fingerprint density at radius 1 is 0.950 bits per heavy atom. The fourth-order valence-corrected chi connectivity index (χ4v) is 2.12. The number of hydrogen-bond acceptors (Lipinski definition) is 1. The molecule has 2 nitrogen and oxygen atoms in total. The normalized spacial score (nSPS) is 12.2. The number of benzene rings is 2. The summed E-state index contributed by atoms with van der Waals surface area (Å²) in [6, 6.07) is 20.1. The van der Waals surface area contributed by atoms with Crippen molar-refractivity contribution in [2.24, 2.45) is 5.92 Å². The van der Waals surface area contributed by atoms with Crippen LogP contribution in [0, 0.1) is 5.92 Å². The van der Waals surface area contributed by atoms with E-state index >= 15 is 0 Å². The van der Waals surface area contributed by atoms with Crippen molar-refractivity contribution in [3.05, 3.63) is 71.8 Å². The molecule has 2 rings (SSSR count). The van der Waals surface area contributed by atoms with Crippen LogP contribution in [-0.2, 0) is 4.79 Å². The Labute approximate surface area is 120 Å². The van der Waals surface area contributed by atoms with Gasteiger partial charge in [-0.05, 0) is 17.5 Å². The number of rotatable bonds is 5. The summed E-state index contributed by atoms with van der Waals surface area (Å²) >= 11 is 0. The lowest BCUT2D eigenvalue weighted by Gasteiger charge is -2.21. The molecule has 2 aromatic rings. The molecule has 0 spiro atoms. The summed E-state index contributed by atoms with van der Waals surface area (Å²) in [6.45, 7) is 3.99. The van der Waals surface area contributed by atoms with E-state index in [2.05, 4.69) is 29.6 Å². The summed E-state index contributed by atoms with van der Waals surface area (Å²) in [5.41, 5.74) is 2.21. The Morgan fingerprint density at radius 2 is 1.40 bits per heavy atom. The molecule has 104 valence electrons. The molecular weight excluding hydrogens is 246 g/mol. The zero-order valence-electron chi connectivity index (χ0n) is 12.0. The third-order valence-corrected chi connectivity index (χ3v) is 3.61. The molecule has 0 saturated heterocycles. The van der Waals surface area contributed by atoms with Gasteiger partial charge < -0.3 is 5.32 Å². The van der Waals surface area contributed by atoms with Crippen LogP contribution in [0.4, 0.5) is 0 Å². The van der Waals surface area contributed by atoms with Crippen LogP contribution in [0.25, 0.3) is 0 Å². The molecule has 2 aromatic carbocycles. The Balaban J connectivity index is 2.28. The Morgan fingerprint density at radius 3 is 1.80 bits per heavy atom. The average molecular weight is 267 g/mol. The SMILES string of the molecule is CCC(C)C(=O)NC(c1ccccc1)c1ccccc1. The monoisotopic (exact) mass is 267 g/mol. The van der Waals surface area contributed by atoms with Gasteiger partial charge in [0.15, 0.2) is 0 Å². The summed E-state index contributed by atoms with van der Waals surface area (Å²) in [6.07, 6.45) is 0.849. The van der Waals surface area contributed by atoms with E-state index in [9.17, 15) is 4.79 Å². The minimum Gasteiger partial charge on any atom is -0.345 e. The van der Waals surface area contributed by atoms with Gasteiger partial charge in [-0.15, -0.1) is 0 Å². The molecule has 0 aliphatic heterocycles. The van der Waals surface area contributed by atoms with Crippen molar-refractivity contribution in [3.63, 3.8) is 0 Å². The largest absolute Gasteiger partial charge is 0.345 e. The molecule has 0 aromatic heterocycles. The molecule has 0 saturated carbocycles. The van der Waals surface area contributed by atoms with Gasteiger partial charge in [-0.2, -0.15) is 0 Å². The number of carbonyl (C=O) groups excluding carboxylic acids is 1. The Hall–Kier alpha value is -2.09. The highest BCUT2D eigenvalue weighted by molar-refractivity contribution is 5.79. The topological polar surface area (TPSA) is 29.1 Å². The zero-order chi connectivity index (χ0) is 14.4. The van der Waals surface area contributed by atoms with Crippen LogP contribution in [-0.4, -0.2) is 5.91 Å². The maximum absolute atomic E-state index is 12.2. The number of nitrogens with one attached hydrogen (secondary N) is 1. The van der Waals surface area contributed by atoms with Gasteiger partial charge in [-0.1, -0.05) is 74.5 Å². The van der Waals surface area contributed by atoms with Crippen molar-refractivity contribution >= 4 is 5.91 Å². The van der Waals surface area contributed by atoms with E-state index in [-0.39, 0.29) is 17.9 Å².